The third-order valence-corrected chi connectivity index (χ3v) is 2.52. The first-order valence-electron chi connectivity index (χ1n) is 5.59. The van der Waals surface area contributed by atoms with Crippen molar-refractivity contribution in [2.45, 2.75) is 12.7 Å². The third-order valence-electron chi connectivity index (χ3n) is 2.52. The molecule has 2 rings (SSSR count). The van der Waals surface area contributed by atoms with Gasteiger partial charge in [-0.05, 0) is 17.7 Å². The van der Waals surface area contributed by atoms with Gasteiger partial charge < -0.3 is 9.47 Å². The normalized spacial score (nSPS) is 16.8. The molecule has 0 aromatic heterocycles. The SMILES string of the molecule is O=[N+]([O-])C(=Cc1cc(F)cc(F)c1)CC1OCCO1. The Hall–Kier alpha value is -1.86. The predicted octanol–water partition coefficient (Wildman–Crippen LogP) is 2.35. The lowest BCUT2D eigenvalue weighted by atomic mass is 10.1. The van der Waals surface area contributed by atoms with E-state index in [-0.39, 0.29) is 17.7 Å². The van der Waals surface area contributed by atoms with Crippen LogP contribution in [-0.4, -0.2) is 24.4 Å². The smallest absolute Gasteiger partial charge is 0.251 e. The molecule has 0 bridgehead atoms. The van der Waals surface area contributed by atoms with E-state index < -0.39 is 22.8 Å². The second kappa shape index (κ2) is 5.85. The fourth-order valence-corrected chi connectivity index (χ4v) is 1.73. The molecule has 0 atom stereocenters. The number of nitro groups is 1. The van der Waals surface area contributed by atoms with Crippen LogP contribution in [0.3, 0.4) is 0 Å². The summed E-state index contributed by atoms with van der Waals surface area (Å²) in [5.74, 6) is -1.58. The molecule has 5 nitrogen and oxygen atoms in total. The van der Waals surface area contributed by atoms with E-state index in [1.807, 2.05) is 0 Å². The van der Waals surface area contributed by atoms with E-state index in [9.17, 15) is 18.9 Å². The van der Waals surface area contributed by atoms with Crippen LogP contribution < -0.4 is 0 Å². The van der Waals surface area contributed by atoms with Crippen LogP contribution in [0.2, 0.25) is 0 Å². The van der Waals surface area contributed by atoms with Crippen molar-refractivity contribution in [3.05, 3.63) is 51.2 Å². The number of nitrogens with zero attached hydrogens (tertiary/aromatic N) is 1. The third kappa shape index (κ3) is 3.80. The maximum absolute atomic E-state index is 13.0. The molecule has 0 aliphatic carbocycles. The summed E-state index contributed by atoms with van der Waals surface area (Å²) < 4.78 is 36.2. The van der Waals surface area contributed by atoms with E-state index in [0.29, 0.717) is 19.3 Å². The van der Waals surface area contributed by atoms with Gasteiger partial charge in [0.05, 0.1) is 24.6 Å². The van der Waals surface area contributed by atoms with Gasteiger partial charge in [-0.2, -0.15) is 0 Å². The van der Waals surface area contributed by atoms with Gasteiger partial charge in [-0.3, -0.25) is 10.1 Å². The molecule has 0 spiro atoms. The molecule has 0 N–H and O–H groups in total. The largest absolute Gasteiger partial charge is 0.350 e. The first-order chi connectivity index (χ1) is 9.04. The number of ether oxygens (including phenoxy) is 2. The molecule has 7 heteroatoms. The summed E-state index contributed by atoms with van der Waals surface area (Å²) in [6, 6.07) is 2.73. The molecule has 1 saturated heterocycles. The number of hydrogen-bond acceptors (Lipinski definition) is 4. The highest BCUT2D eigenvalue weighted by Gasteiger charge is 2.23. The summed E-state index contributed by atoms with van der Waals surface area (Å²) in [6.07, 6.45) is 0.345. The van der Waals surface area contributed by atoms with Gasteiger partial charge in [0.25, 0.3) is 5.70 Å². The van der Waals surface area contributed by atoms with Crippen LogP contribution in [-0.2, 0) is 9.47 Å². The monoisotopic (exact) mass is 271 g/mol. The van der Waals surface area contributed by atoms with Gasteiger partial charge in [0.2, 0.25) is 0 Å². The highest BCUT2D eigenvalue weighted by molar-refractivity contribution is 5.51. The lowest BCUT2D eigenvalue weighted by Crippen LogP contribution is -2.12. The van der Waals surface area contributed by atoms with Gasteiger partial charge >= 0.3 is 0 Å². The van der Waals surface area contributed by atoms with E-state index in [1.54, 1.807) is 0 Å². The van der Waals surface area contributed by atoms with Crippen LogP contribution in [0.5, 0.6) is 0 Å². The summed E-state index contributed by atoms with van der Waals surface area (Å²) in [5.41, 5.74) is -0.140. The van der Waals surface area contributed by atoms with Gasteiger partial charge in [-0.1, -0.05) is 0 Å². The summed E-state index contributed by atoms with van der Waals surface area (Å²) in [4.78, 5) is 10.3. The molecule has 0 amide bonds. The van der Waals surface area contributed by atoms with E-state index in [4.69, 9.17) is 9.47 Å². The van der Waals surface area contributed by atoms with Gasteiger partial charge in [0.15, 0.2) is 6.29 Å². The standard InChI is InChI=1S/C12H11F2NO4/c13-9-3-8(4-10(14)6-9)5-11(15(16)17)7-12-18-1-2-19-12/h3-6,12H,1-2,7H2. The molecule has 1 heterocycles. The van der Waals surface area contributed by atoms with Gasteiger partial charge in [0.1, 0.15) is 11.6 Å². The minimum absolute atomic E-state index is 0.0782. The van der Waals surface area contributed by atoms with Crippen molar-refractivity contribution < 1.29 is 23.2 Å². The Morgan fingerprint density at radius 2 is 1.89 bits per heavy atom. The first-order valence-corrected chi connectivity index (χ1v) is 5.59. The predicted molar refractivity (Wildman–Crippen MR) is 61.6 cm³/mol. The van der Waals surface area contributed by atoms with E-state index in [2.05, 4.69) is 0 Å². The van der Waals surface area contributed by atoms with Crippen LogP contribution in [0.25, 0.3) is 6.08 Å². The van der Waals surface area contributed by atoms with Crippen LogP contribution in [0, 0.1) is 21.7 Å². The molecule has 0 saturated carbocycles. The molecule has 1 aromatic carbocycles. The summed E-state index contributed by atoms with van der Waals surface area (Å²) in [7, 11) is 0. The summed E-state index contributed by atoms with van der Waals surface area (Å²) in [5, 5.41) is 10.9. The van der Waals surface area contributed by atoms with Crippen LogP contribution in [0.1, 0.15) is 12.0 Å². The zero-order valence-electron chi connectivity index (χ0n) is 9.84. The number of rotatable bonds is 4. The molecule has 0 radical (unpaired) electrons. The maximum Gasteiger partial charge on any atom is 0.251 e. The second-order valence-electron chi connectivity index (χ2n) is 3.97. The zero-order valence-corrected chi connectivity index (χ0v) is 9.84. The van der Waals surface area contributed by atoms with E-state index in [1.165, 1.54) is 0 Å². The number of halogens is 2. The van der Waals surface area contributed by atoms with Crippen molar-refractivity contribution in [2.24, 2.45) is 0 Å². The second-order valence-corrected chi connectivity index (χ2v) is 3.97. The average molecular weight is 271 g/mol. The van der Waals surface area contributed by atoms with Crippen molar-refractivity contribution in [1.82, 2.24) is 0 Å². The van der Waals surface area contributed by atoms with Crippen LogP contribution >= 0.6 is 0 Å². The fraction of sp³-hybridized carbons (Fsp3) is 0.333. The van der Waals surface area contributed by atoms with Crippen molar-refractivity contribution >= 4 is 6.08 Å². The van der Waals surface area contributed by atoms with Gasteiger partial charge in [-0.15, -0.1) is 0 Å². The quantitative estimate of drug-likeness (QED) is 0.623. The fourth-order valence-electron chi connectivity index (χ4n) is 1.73. The zero-order chi connectivity index (χ0) is 13.8. The molecule has 19 heavy (non-hydrogen) atoms. The highest BCUT2D eigenvalue weighted by Crippen LogP contribution is 2.19. The van der Waals surface area contributed by atoms with Crippen LogP contribution in [0.15, 0.2) is 23.9 Å². The Morgan fingerprint density at radius 3 is 2.42 bits per heavy atom. The van der Waals surface area contributed by atoms with Crippen molar-refractivity contribution in [3.8, 4) is 0 Å². The molecule has 1 aliphatic heterocycles. The molecule has 102 valence electrons. The lowest BCUT2D eigenvalue weighted by molar-refractivity contribution is -0.429. The Labute approximate surface area is 107 Å². The van der Waals surface area contributed by atoms with Gasteiger partial charge in [-0.25, -0.2) is 8.78 Å². The molecule has 1 fully saturated rings. The van der Waals surface area contributed by atoms with E-state index >= 15 is 0 Å². The molecular formula is C12H11F2NO4. The van der Waals surface area contributed by atoms with Gasteiger partial charge in [0, 0.05) is 12.1 Å². The molecule has 1 aromatic rings. The van der Waals surface area contributed by atoms with Crippen molar-refractivity contribution in [2.75, 3.05) is 13.2 Å². The minimum Gasteiger partial charge on any atom is -0.350 e. The minimum atomic E-state index is -0.790. The first kappa shape index (κ1) is 13.6. The van der Waals surface area contributed by atoms with Crippen LogP contribution in [0.4, 0.5) is 8.78 Å². The van der Waals surface area contributed by atoms with Crippen molar-refractivity contribution in [3.63, 3.8) is 0 Å². The summed E-state index contributed by atoms with van der Waals surface area (Å²) in [6.45, 7) is 0.758. The molecule has 1 aliphatic rings. The highest BCUT2D eigenvalue weighted by atomic mass is 19.1. The average Bonchev–Trinajstić information content (AvgIpc) is 2.79. The molecule has 0 unspecified atom stereocenters. The Bertz CT molecular complexity index is 492. The topological polar surface area (TPSA) is 61.6 Å². The van der Waals surface area contributed by atoms with E-state index in [0.717, 1.165) is 18.2 Å². The maximum atomic E-state index is 13.0. The molecular weight excluding hydrogens is 260 g/mol. The Kier molecular flexibility index (Phi) is 4.18. The summed E-state index contributed by atoms with van der Waals surface area (Å²) >= 11 is 0. The lowest BCUT2D eigenvalue weighted by Gasteiger charge is -2.06. The Morgan fingerprint density at radius 1 is 1.32 bits per heavy atom. The van der Waals surface area contributed by atoms with Crippen molar-refractivity contribution in [1.29, 1.82) is 0 Å². The number of hydrogen-bond donors (Lipinski definition) is 0. The Balaban J connectivity index is 2.21. The number of benzene rings is 1.